The molecular weight excluding hydrogens is 240 g/mol. The van der Waals surface area contributed by atoms with Crippen LogP contribution < -0.4 is 4.90 Å². The smallest absolute Gasteiger partial charge is 0.323 e. The highest BCUT2D eigenvalue weighted by atomic mass is 16.4. The van der Waals surface area contributed by atoms with Crippen LogP contribution in [0.3, 0.4) is 0 Å². The number of hydrogen-bond donors (Lipinski definition) is 1. The second-order valence-electron chi connectivity index (χ2n) is 4.39. The summed E-state index contributed by atoms with van der Waals surface area (Å²) in [5.41, 5.74) is 3.04. The molecular formula is C15H16N2O2. The Morgan fingerprint density at radius 1 is 1.26 bits per heavy atom. The highest BCUT2D eigenvalue weighted by Gasteiger charge is 2.12. The third-order valence-corrected chi connectivity index (χ3v) is 2.96. The van der Waals surface area contributed by atoms with Crippen LogP contribution in [0.2, 0.25) is 0 Å². The molecule has 1 N–H and O–H groups in total. The van der Waals surface area contributed by atoms with Crippen molar-refractivity contribution in [3.05, 3.63) is 59.9 Å². The fraction of sp³-hybridized carbons (Fsp3) is 0.200. The molecule has 2 aromatic rings. The van der Waals surface area contributed by atoms with E-state index in [0.29, 0.717) is 6.54 Å². The van der Waals surface area contributed by atoms with Gasteiger partial charge in [0.25, 0.3) is 0 Å². The Bertz CT molecular complexity index is 555. The van der Waals surface area contributed by atoms with Crippen molar-refractivity contribution in [1.29, 1.82) is 0 Å². The molecule has 0 aliphatic carbocycles. The number of carboxylic acids is 1. The van der Waals surface area contributed by atoms with Crippen LogP contribution in [0.1, 0.15) is 11.1 Å². The minimum Gasteiger partial charge on any atom is -0.480 e. The van der Waals surface area contributed by atoms with Crippen molar-refractivity contribution in [2.24, 2.45) is 0 Å². The van der Waals surface area contributed by atoms with Crippen LogP contribution in [0.25, 0.3) is 0 Å². The van der Waals surface area contributed by atoms with Crippen molar-refractivity contribution >= 4 is 11.7 Å². The lowest BCUT2D eigenvalue weighted by Gasteiger charge is -2.23. The van der Waals surface area contributed by atoms with Crippen LogP contribution in [0.15, 0.2) is 48.8 Å². The molecule has 0 bridgehead atoms. The van der Waals surface area contributed by atoms with Crippen LogP contribution in [-0.2, 0) is 11.3 Å². The van der Waals surface area contributed by atoms with Gasteiger partial charge in [0.15, 0.2) is 0 Å². The Morgan fingerprint density at radius 2 is 2.00 bits per heavy atom. The first kappa shape index (κ1) is 13.1. The number of anilines is 1. The van der Waals surface area contributed by atoms with Gasteiger partial charge in [-0.2, -0.15) is 0 Å². The molecule has 0 fully saturated rings. The molecule has 0 amide bonds. The number of carboxylic acid groups (broad SMARTS) is 1. The number of nitrogens with zero attached hydrogens (tertiary/aromatic N) is 2. The number of benzene rings is 1. The normalized spacial score (nSPS) is 10.2. The summed E-state index contributed by atoms with van der Waals surface area (Å²) in [6.45, 7) is 2.51. The van der Waals surface area contributed by atoms with Gasteiger partial charge in [-0.1, -0.05) is 18.2 Å². The average molecular weight is 256 g/mol. The Labute approximate surface area is 112 Å². The number of rotatable bonds is 5. The molecule has 0 saturated carbocycles. The van der Waals surface area contributed by atoms with E-state index in [2.05, 4.69) is 4.98 Å². The van der Waals surface area contributed by atoms with Gasteiger partial charge in [-0.15, -0.1) is 0 Å². The van der Waals surface area contributed by atoms with E-state index in [-0.39, 0.29) is 6.54 Å². The van der Waals surface area contributed by atoms with E-state index in [0.717, 1.165) is 16.8 Å². The summed E-state index contributed by atoms with van der Waals surface area (Å²) in [7, 11) is 0. The number of hydrogen-bond acceptors (Lipinski definition) is 3. The second-order valence-corrected chi connectivity index (χ2v) is 4.39. The molecule has 0 radical (unpaired) electrons. The molecule has 98 valence electrons. The van der Waals surface area contributed by atoms with Crippen molar-refractivity contribution in [2.45, 2.75) is 13.5 Å². The monoisotopic (exact) mass is 256 g/mol. The van der Waals surface area contributed by atoms with Gasteiger partial charge in [0.05, 0.1) is 0 Å². The van der Waals surface area contributed by atoms with E-state index < -0.39 is 5.97 Å². The van der Waals surface area contributed by atoms with Gasteiger partial charge >= 0.3 is 5.97 Å². The van der Waals surface area contributed by atoms with Crippen LogP contribution in [0.4, 0.5) is 5.69 Å². The van der Waals surface area contributed by atoms with Gasteiger partial charge in [0.2, 0.25) is 0 Å². The highest BCUT2D eigenvalue weighted by Crippen LogP contribution is 2.17. The van der Waals surface area contributed by atoms with E-state index in [1.165, 1.54) is 0 Å². The van der Waals surface area contributed by atoms with Gasteiger partial charge < -0.3 is 10.0 Å². The molecule has 0 saturated heterocycles. The maximum Gasteiger partial charge on any atom is 0.323 e. The predicted octanol–water partition coefficient (Wildman–Crippen LogP) is 2.48. The Balaban J connectivity index is 2.24. The number of aliphatic carboxylic acids is 1. The molecule has 0 spiro atoms. The standard InChI is InChI=1S/C15H16N2O2/c1-12-7-8-16-9-13(12)10-17(11-15(18)19)14-5-3-2-4-6-14/h2-9H,10-11H2,1H3,(H,18,19). The maximum atomic E-state index is 11.0. The summed E-state index contributed by atoms with van der Waals surface area (Å²) in [5.74, 6) is -0.842. The number of carbonyl (C=O) groups is 1. The molecule has 1 aromatic heterocycles. The van der Waals surface area contributed by atoms with Crippen molar-refractivity contribution in [1.82, 2.24) is 4.98 Å². The zero-order valence-electron chi connectivity index (χ0n) is 10.8. The molecule has 0 aliphatic rings. The third kappa shape index (κ3) is 3.55. The lowest BCUT2D eigenvalue weighted by molar-refractivity contribution is -0.135. The van der Waals surface area contributed by atoms with E-state index >= 15 is 0 Å². The van der Waals surface area contributed by atoms with E-state index in [4.69, 9.17) is 5.11 Å². The van der Waals surface area contributed by atoms with Gasteiger partial charge in [0, 0.05) is 24.6 Å². The van der Waals surface area contributed by atoms with Gasteiger partial charge in [0.1, 0.15) is 6.54 Å². The summed E-state index contributed by atoms with van der Waals surface area (Å²) in [6.07, 6.45) is 3.52. The topological polar surface area (TPSA) is 53.4 Å². The first-order chi connectivity index (χ1) is 9.16. The highest BCUT2D eigenvalue weighted by molar-refractivity contribution is 5.73. The minimum atomic E-state index is -0.842. The molecule has 1 heterocycles. The summed E-state index contributed by atoms with van der Waals surface area (Å²) in [6, 6.07) is 11.5. The summed E-state index contributed by atoms with van der Waals surface area (Å²) >= 11 is 0. The fourth-order valence-electron chi connectivity index (χ4n) is 1.91. The molecule has 1 aromatic carbocycles. The van der Waals surface area contributed by atoms with E-state index in [9.17, 15) is 4.79 Å². The molecule has 4 nitrogen and oxygen atoms in total. The van der Waals surface area contributed by atoms with Crippen molar-refractivity contribution in [2.75, 3.05) is 11.4 Å². The number of para-hydroxylation sites is 1. The van der Waals surface area contributed by atoms with Crippen LogP contribution in [-0.4, -0.2) is 22.6 Å². The molecule has 0 aliphatic heterocycles. The maximum absolute atomic E-state index is 11.0. The van der Waals surface area contributed by atoms with Crippen molar-refractivity contribution in [3.63, 3.8) is 0 Å². The van der Waals surface area contributed by atoms with E-state index in [1.54, 1.807) is 12.4 Å². The third-order valence-electron chi connectivity index (χ3n) is 2.96. The first-order valence-corrected chi connectivity index (χ1v) is 6.08. The molecule has 0 atom stereocenters. The largest absolute Gasteiger partial charge is 0.480 e. The van der Waals surface area contributed by atoms with Gasteiger partial charge in [-0.05, 0) is 36.2 Å². The van der Waals surface area contributed by atoms with Crippen LogP contribution in [0.5, 0.6) is 0 Å². The Morgan fingerprint density at radius 3 is 2.63 bits per heavy atom. The SMILES string of the molecule is Cc1ccncc1CN(CC(=O)O)c1ccccc1. The van der Waals surface area contributed by atoms with Crippen LogP contribution >= 0.6 is 0 Å². The average Bonchev–Trinajstić information content (AvgIpc) is 2.41. The van der Waals surface area contributed by atoms with Crippen LogP contribution in [0, 0.1) is 6.92 Å². The minimum absolute atomic E-state index is 0.0294. The Kier molecular flexibility index (Phi) is 4.13. The van der Waals surface area contributed by atoms with Crippen molar-refractivity contribution in [3.8, 4) is 0 Å². The van der Waals surface area contributed by atoms with E-state index in [1.807, 2.05) is 48.2 Å². The lowest BCUT2D eigenvalue weighted by atomic mass is 10.1. The van der Waals surface area contributed by atoms with Crippen molar-refractivity contribution < 1.29 is 9.90 Å². The zero-order valence-corrected chi connectivity index (χ0v) is 10.8. The molecule has 19 heavy (non-hydrogen) atoms. The number of aryl methyl sites for hydroxylation is 1. The quantitative estimate of drug-likeness (QED) is 0.893. The summed E-state index contributed by atoms with van der Waals surface area (Å²) in [5, 5.41) is 9.04. The molecule has 0 unspecified atom stereocenters. The lowest BCUT2D eigenvalue weighted by Crippen LogP contribution is -2.29. The summed E-state index contributed by atoms with van der Waals surface area (Å²) < 4.78 is 0. The summed E-state index contributed by atoms with van der Waals surface area (Å²) in [4.78, 5) is 16.9. The first-order valence-electron chi connectivity index (χ1n) is 6.08. The van der Waals surface area contributed by atoms with Gasteiger partial charge in [-0.3, -0.25) is 9.78 Å². The van der Waals surface area contributed by atoms with Gasteiger partial charge in [-0.25, -0.2) is 0 Å². The molecule has 2 rings (SSSR count). The predicted molar refractivity (Wildman–Crippen MR) is 74.1 cm³/mol. The fourth-order valence-corrected chi connectivity index (χ4v) is 1.91. The molecule has 4 heteroatoms. The number of pyridine rings is 1. The Hall–Kier alpha value is -2.36. The number of aromatic nitrogens is 1. The second kappa shape index (κ2) is 6.00. The zero-order chi connectivity index (χ0) is 13.7.